The Hall–Kier alpha value is -3.07. The number of pyridine rings is 2. The maximum Gasteiger partial charge on any atom is 0.306 e. The maximum atomic E-state index is 12.1. The Bertz CT molecular complexity index is 1740. The minimum atomic E-state index is -0.462. The van der Waals surface area contributed by atoms with Gasteiger partial charge in [0.05, 0.1) is 9.85 Å². The van der Waals surface area contributed by atoms with Crippen molar-refractivity contribution in [2.75, 3.05) is 13.1 Å². The zero-order chi connectivity index (χ0) is 32.9. The molecule has 4 aromatic rings. The third-order valence-electron chi connectivity index (χ3n) is 7.33. The molecule has 1 aliphatic rings. The first kappa shape index (κ1) is 34.8. The Balaban J connectivity index is 0.000000242. The van der Waals surface area contributed by atoms with Gasteiger partial charge in [-0.3, -0.25) is 39.9 Å². The highest BCUT2D eigenvalue weighted by Crippen LogP contribution is 2.33. The molecule has 3 heterocycles. The summed E-state index contributed by atoms with van der Waals surface area (Å²) in [5.74, 6) is 0.146. The molecule has 0 radical (unpaired) electrons. The lowest BCUT2D eigenvalue weighted by Crippen LogP contribution is -2.35. The zero-order valence-corrected chi connectivity index (χ0v) is 29.7. The summed E-state index contributed by atoms with van der Waals surface area (Å²) in [6.07, 6.45) is 8.82. The molecule has 0 amide bonds. The molecular weight excluding hydrogens is 778 g/mol. The van der Waals surface area contributed by atoms with Gasteiger partial charge in [0.1, 0.15) is 5.60 Å². The highest BCUT2D eigenvalue weighted by molar-refractivity contribution is 9.11. The molecule has 0 unspecified atom stereocenters. The van der Waals surface area contributed by atoms with Crippen LogP contribution in [0.1, 0.15) is 51.2 Å². The number of aromatic nitrogens is 2. The molecule has 14 heteroatoms. The number of piperidine rings is 1. The van der Waals surface area contributed by atoms with Gasteiger partial charge in [0.15, 0.2) is 0 Å². The second-order valence-electron chi connectivity index (χ2n) is 11.8. The molecule has 11 nitrogen and oxygen atoms in total. The van der Waals surface area contributed by atoms with E-state index in [4.69, 9.17) is 4.74 Å². The Labute approximate surface area is 285 Å². The van der Waals surface area contributed by atoms with Crippen LogP contribution in [0.4, 0.5) is 11.4 Å². The molecule has 0 N–H and O–H groups in total. The number of rotatable bonds is 7. The van der Waals surface area contributed by atoms with Crippen LogP contribution >= 0.6 is 47.8 Å². The average molecular weight is 810 g/mol. The predicted octanol–water partition coefficient (Wildman–Crippen LogP) is 8.65. The topological polar surface area (TPSA) is 142 Å². The lowest BCUT2D eigenvalue weighted by Gasteiger charge is -2.32. The Kier molecular flexibility index (Phi) is 11.6. The van der Waals surface area contributed by atoms with Gasteiger partial charge in [-0.15, -0.1) is 0 Å². The van der Waals surface area contributed by atoms with Gasteiger partial charge in [0, 0.05) is 86.1 Å². The molecular formula is C31H32Br3N5O6. The van der Waals surface area contributed by atoms with E-state index in [0.717, 1.165) is 56.4 Å². The summed E-state index contributed by atoms with van der Waals surface area (Å²) in [5.41, 5.74) is 1.12. The highest BCUT2D eigenvalue weighted by atomic mass is 79.9. The van der Waals surface area contributed by atoms with E-state index in [1.54, 1.807) is 43.0 Å². The smallest absolute Gasteiger partial charge is 0.306 e. The number of alkyl halides is 1. The summed E-state index contributed by atoms with van der Waals surface area (Å²) < 4.78 is 7.08. The number of carbonyl (C=O) groups is 1. The molecule has 0 spiro atoms. The van der Waals surface area contributed by atoms with Crippen molar-refractivity contribution in [1.82, 2.24) is 14.9 Å². The quantitative estimate of drug-likeness (QED) is 0.0776. The lowest BCUT2D eigenvalue weighted by atomic mass is 9.93. The Morgan fingerprint density at radius 2 is 1.38 bits per heavy atom. The van der Waals surface area contributed by atoms with E-state index in [1.807, 2.05) is 26.8 Å². The lowest BCUT2D eigenvalue weighted by molar-refractivity contribution is -0.385. The number of carbonyl (C=O) groups excluding carboxylic acids is 1. The van der Waals surface area contributed by atoms with Crippen molar-refractivity contribution in [1.29, 1.82) is 0 Å². The highest BCUT2D eigenvalue weighted by Gasteiger charge is 2.26. The third-order valence-corrected chi connectivity index (χ3v) is 9.20. The molecule has 0 bridgehead atoms. The number of hydrogen-bond donors (Lipinski definition) is 0. The van der Waals surface area contributed by atoms with Crippen molar-refractivity contribution in [2.45, 2.75) is 57.5 Å². The molecule has 1 saturated heterocycles. The van der Waals surface area contributed by atoms with Crippen LogP contribution in [0.15, 0.2) is 58.0 Å². The van der Waals surface area contributed by atoms with Crippen molar-refractivity contribution >= 4 is 86.7 Å². The van der Waals surface area contributed by atoms with E-state index in [2.05, 4.69) is 62.7 Å². The van der Waals surface area contributed by atoms with E-state index in [0.29, 0.717) is 35.3 Å². The summed E-state index contributed by atoms with van der Waals surface area (Å²) in [6, 6.07) is 6.82. The van der Waals surface area contributed by atoms with E-state index in [9.17, 15) is 25.0 Å². The van der Waals surface area contributed by atoms with Gasteiger partial charge in [-0.1, -0.05) is 15.9 Å². The van der Waals surface area contributed by atoms with Gasteiger partial charge in [-0.05, 0) is 107 Å². The summed E-state index contributed by atoms with van der Waals surface area (Å²) >= 11 is 10.1. The van der Waals surface area contributed by atoms with Crippen molar-refractivity contribution < 1.29 is 19.4 Å². The van der Waals surface area contributed by atoms with E-state index in [1.165, 1.54) is 0 Å². The molecule has 0 saturated carbocycles. The van der Waals surface area contributed by atoms with Crippen molar-refractivity contribution in [3.05, 3.63) is 89.4 Å². The molecule has 1 aliphatic heterocycles. The molecule has 1 fully saturated rings. The number of likely N-dealkylation sites (tertiary alicyclic amines) is 1. The number of hydrogen-bond acceptors (Lipinski definition) is 9. The van der Waals surface area contributed by atoms with Crippen LogP contribution in [-0.2, 0) is 21.4 Å². The molecule has 0 aliphatic carbocycles. The second-order valence-corrected chi connectivity index (χ2v) is 14.1. The predicted molar refractivity (Wildman–Crippen MR) is 183 cm³/mol. The average Bonchev–Trinajstić information content (AvgIpc) is 2.97. The first-order chi connectivity index (χ1) is 21.3. The van der Waals surface area contributed by atoms with Crippen LogP contribution in [0.3, 0.4) is 0 Å². The molecule has 45 heavy (non-hydrogen) atoms. The van der Waals surface area contributed by atoms with Crippen molar-refractivity contribution in [3.63, 3.8) is 0 Å². The maximum absolute atomic E-state index is 12.1. The largest absolute Gasteiger partial charge is 0.460 e. The summed E-state index contributed by atoms with van der Waals surface area (Å²) in [6.45, 7) is 7.75. The monoisotopic (exact) mass is 807 g/mol. The fourth-order valence-corrected chi connectivity index (χ4v) is 6.59. The first-order valence-electron chi connectivity index (χ1n) is 14.2. The standard InChI is InChI=1S/C21H26BrN3O4.C10H6Br2N2O2/c1-21(2,3)29-20(26)8-14-4-6-24(7-5-14)13-16-9-17-15(10-19(16)25(27)28)11-23-12-18(17)22;11-3-6-1-8-7(2-10(6)14(15)16)4-13-5-9(8)12/h9-12,14H,4-8,13H2,1-3H3;1-2,4-5H,3H2. The van der Waals surface area contributed by atoms with E-state index in [-0.39, 0.29) is 27.2 Å². The number of nitro groups is 2. The van der Waals surface area contributed by atoms with E-state index < -0.39 is 5.60 Å². The molecule has 2 aromatic carbocycles. The normalized spacial score (nSPS) is 14.2. The summed E-state index contributed by atoms with van der Waals surface area (Å²) in [7, 11) is 0. The number of benzene rings is 2. The summed E-state index contributed by atoms with van der Waals surface area (Å²) in [5, 5.41) is 26.2. The first-order valence-corrected chi connectivity index (χ1v) is 16.9. The second kappa shape index (κ2) is 15.0. The minimum Gasteiger partial charge on any atom is -0.460 e. The fourth-order valence-electron chi connectivity index (χ4n) is 5.21. The molecule has 0 atom stereocenters. The van der Waals surface area contributed by atoms with E-state index >= 15 is 0 Å². The van der Waals surface area contributed by atoms with Gasteiger partial charge in [-0.25, -0.2) is 0 Å². The number of fused-ring (bicyclic) bond motifs is 2. The summed E-state index contributed by atoms with van der Waals surface area (Å²) in [4.78, 5) is 44.1. The number of esters is 1. The SMILES string of the molecule is CC(C)(C)OC(=O)CC1CCN(Cc2cc3c(Br)cncc3cc2[N+](=O)[O-])CC1.O=[N+]([O-])c1cc2cncc(Br)c2cc1CBr. The van der Waals surface area contributed by atoms with Gasteiger partial charge < -0.3 is 4.74 Å². The van der Waals surface area contributed by atoms with Crippen LogP contribution in [0.5, 0.6) is 0 Å². The number of ether oxygens (including phenoxy) is 1. The van der Waals surface area contributed by atoms with Gasteiger partial charge in [-0.2, -0.15) is 0 Å². The fraction of sp³-hybridized carbons (Fsp3) is 0.387. The molecule has 5 rings (SSSR count). The number of halogens is 3. The third kappa shape index (κ3) is 9.24. The van der Waals surface area contributed by atoms with Gasteiger partial charge in [0.25, 0.3) is 11.4 Å². The van der Waals surface area contributed by atoms with Crippen LogP contribution in [0, 0.1) is 26.1 Å². The van der Waals surface area contributed by atoms with Crippen molar-refractivity contribution in [3.8, 4) is 0 Å². The Morgan fingerprint density at radius 3 is 1.84 bits per heavy atom. The zero-order valence-electron chi connectivity index (χ0n) is 25.0. The minimum absolute atomic E-state index is 0.115. The van der Waals surface area contributed by atoms with Crippen LogP contribution in [0.25, 0.3) is 21.5 Å². The van der Waals surface area contributed by atoms with Gasteiger partial charge >= 0.3 is 5.97 Å². The molecule has 2 aromatic heterocycles. The Morgan fingerprint density at radius 1 is 0.889 bits per heavy atom. The van der Waals surface area contributed by atoms with Crippen molar-refractivity contribution in [2.24, 2.45) is 5.92 Å². The van der Waals surface area contributed by atoms with Crippen LogP contribution in [-0.4, -0.2) is 49.4 Å². The molecule has 238 valence electrons. The van der Waals surface area contributed by atoms with Gasteiger partial charge in [0.2, 0.25) is 0 Å². The number of nitro benzene ring substituents is 2. The van der Waals surface area contributed by atoms with Crippen LogP contribution < -0.4 is 0 Å². The van der Waals surface area contributed by atoms with Crippen LogP contribution in [0.2, 0.25) is 0 Å². The number of nitrogens with zero attached hydrogens (tertiary/aromatic N) is 5.